The molecule has 7 nitrogen and oxygen atoms in total. The van der Waals surface area contributed by atoms with Crippen LogP contribution < -0.4 is 4.74 Å². The number of hydrogen-bond acceptors (Lipinski definition) is 6. The van der Waals surface area contributed by atoms with Crippen LogP contribution in [0.25, 0.3) is 22.3 Å². The van der Waals surface area contributed by atoms with Crippen molar-refractivity contribution in [1.29, 1.82) is 10.5 Å². The topological polar surface area (TPSA) is 100 Å². The highest BCUT2D eigenvalue weighted by molar-refractivity contribution is 5.77. The number of benzene rings is 3. The number of halogens is 3. The van der Waals surface area contributed by atoms with Crippen LogP contribution in [0, 0.1) is 45.5 Å². The summed E-state index contributed by atoms with van der Waals surface area (Å²) in [5, 5.41) is 18.2. The second kappa shape index (κ2) is 11.0. The molecule has 0 radical (unpaired) electrons. The van der Waals surface area contributed by atoms with Gasteiger partial charge in [0.15, 0.2) is 5.82 Å². The third-order valence-electron chi connectivity index (χ3n) is 7.58. The second-order valence-corrected chi connectivity index (χ2v) is 10.5. The lowest BCUT2D eigenvalue weighted by Crippen LogP contribution is -2.14. The van der Waals surface area contributed by atoms with Crippen molar-refractivity contribution in [2.24, 2.45) is 5.41 Å². The van der Waals surface area contributed by atoms with Gasteiger partial charge in [0, 0.05) is 42.1 Å². The fraction of sp³-hybridized carbons (Fsp3) is 0.219. The van der Waals surface area contributed by atoms with Gasteiger partial charge in [-0.05, 0) is 54.8 Å². The van der Waals surface area contributed by atoms with Gasteiger partial charge in [-0.2, -0.15) is 15.5 Å². The molecule has 0 bridgehead atoms. The van der Waals surface area contributed by atoms with E-state index in [1.807, 2.05) is 10.6 Å². The van der Waals surface area contributed by atoms with Crippen LogP contribution in [0.3, 0.4) is 0 Å². The molecule has 2 aromatic heterocycles. The quantitative estimate of drug-likeness (QED) is 0.199. The van der Waals surface area contributed by atoms with E-state index in [-0.39, 0.29) is 41.1 Å². The molecule has 0 amide bonds. The molecule has 208 valence electrons. The van der Waals surface area contributed by atoms with Crippen LogP contribution >= 0.6 is 0 Å². The highest BCUT2D eigenvalue weighted by Crippen LogP contribution is 2.50. The minimum atomic E-state index is -0.573. The number of aromatic nitrogens is 4. The Morgan fingerprint density at radius 2 is 1.71 bits per heavy atom. The van der Waals surface area contributed by atoms with Crippen LogP contribution in [0.5, 0.6) is 6.01 Å². The maximum Gasteiger partial charge on any atom is 0.317 e. The zero-order valence-corrected chi connectivity index (χ0v) is 22.3. The monoisotopic (exact) mass is 564 g/mol. The third-order valence-corrected chi connectivity index (χ3v) is 7.58. The summed E-state index contributed by atoms with van der Waals surface area (Å²) in [7, 11) is 0. The van der Waals surface area contributed by atoms with Gasteiger partial charge in [-0.1, -0.05) is 24.3 Å². The van der Waals surface area contributed by atoms with Crippen molar-refractivity contribution in [3.8, 4) is 29.4 Å². The summed E-state index contributed by atoms with van der Waals surface area (Å²) < 4.78 is 51.7. The molecule has 3 aromatic carbocycles. The maximum atomic E-state index is 15.4. The van der Waals surface area contributed by atoms with Crippen LogP contribution in [-0.4, -0.2) is 19.5 Å². The molecular formula is C32H23F3N6O. The standard InChI is InChI=1S/C32H23F3N6O/c33-24-2-1-3-28-30(24)40-29(41(28)19-32(9-10-32)11-12-36)16-21-6-7-22(15-26(21)35)27-8-13-38-31(39-27)42-18-23-5-4-20(17-37)14-25(23)34/h1-8,13-15H,9-11,16,18-19H2. The summed E-state index contributed by atoms with van der Waals surface area (Å²) in [5.74, 6) is -0.974. The molecule has 0 spiro atoms. The Balaban J connectivity index is 1.23. The van der Waals surface area contributed by atoms with Crippen molar-refractivity contribution in [2.45, 2.75) is 38.8 Å². The van der Waals surface area contributed by atoms with Crippen LogP contribution in [0.2, 0.25) is 0 Å². The normalized spacial score (nSPS) is 13.5. The third kappa shape index (κ3) is 5.39. The highest BCUT2D eigenvalue weighted by atomic mass is 19.1. The Kier molecular flexibility index (Phi) is 7.05. The summed E-state index contributed by atoms with van der Waals surface area (Å²) >= 11 is 0. The number of rotatable bonds is 9. The van der Waals surface area contributed by atoms with E-state index < -0.39 is 17.5 Å². The Morgan fingerprint density at radius 1 is 0.905 bits per heavy atom. The smallest absolute Gasteiger partial charge is 0.317 e. The van der Waals surface area contributed by atoms with Gasteiger partial charge >= 0.3 is 6.01 Å². The Morgan fingerprint density at radius 3 is 2.45 bits per heavy atom. The molecule has 1 saturated carbocycles. The van der Waals surface area contributed by atoms with E-state index in [0.717, 1.165) is 18.9 Å². The lowest BCUT2D eigenvalue weighted by molar-refractivity contribution is 0.275. The van der Waals surface area contributed by atoms with Crippen molar-refractivity contribution in [2.75, 3.05) is 0 Å². The van der Waals surface area contributed by atoms with Gasteiger partial charge in [0.05, 0.1) is 28.9 Å². The first-order valence-corrected chi connectivity index (χ1v) is 13.3. The zero-order chi connectivity index (χ0) is 29.3. The fourth-order valence-electron chi connectivity index (χ4n) is 5.01. The summed E-state index contributed by atoms with van der Waals surface area (Å²) in [6, 6.07) is 19.3. The van der Waals surface area contributed by atoms with E-state index in [9.17, 15) is 14.0 Å². The molecular weight excluding hydrogens is 541 g/mol. The molecule has 0 atom stereocenters. The van der Waals surface area contributed by atoms with Gasteiger partial charge in [-0.25, -0.2) is 23.1 Å². The van der Waals surface area contributed by atoms with Crippen molar-refractivity contribution in [3.63, 3.8) is 0 Å². The number of para-hydroxylation sites is 1. The van der Waals surface area contributed by atoms with E-state index in [0.29, 0.717) is 41.1 Å². The Hall–Kier alpha value is -5.22. The number of nitriles is 2. The fourth-order valence-corrected chi connectivity index (χ4v) is 5.01. The van der Waals surface area contributed by atoms with Crippen molar-refractivity contribution < 1.29 is 17.9 Å². The number of ether oxygens (including phenoxy) is 1. The predicted molar refractivity (Wildman–Crippen MR) is 147 cm³/mol. The second-order valence-electron chi connectivity index (χ2n) is 10.5. The molecule has 5 aromatic rings. The average molecular weight is 565 g/mol. The van der Waals surface area contributed by atoms with Crippen LogP contribution in [0.1, 0.15) is 41.8 Å². The Bertz CT molecular complexity index is 1900. The molecule has 6 rings (SSSR count). The van der Waals surface area contributed by atoms with Gasteiger partial charge in [0.1, 0.15) is 29.6 Å². The van der Waals surface area contributed by atoms with Crippen molar-refractivity contribution >= 4 is 11.0 Å². The molecule has 0 unspecified atom stereocenters. The average Bonchev–Trinajstić information content (AvgIpc) is 3.67. The van der Waals surface area contributed by atoms with Crippen molar-refractivity contribution in [3.05, 3.63) is 107 Å². The minimum absolute atomic E-state index is 0.0112. The van der Waals surface area contributed by atoms with Gasteiger partial charge in [-0.15, -0.1) is 0 Å². The number of imidazole rings is 1. The molecule has 42 heavy (non-hydrogen) atoms. The van der Waals surface area contributed by atoms with E-state index >= 15 is 4.39 Å². The van der Waals surface area contributed by atoms with Crippen LogP contribution in [0.4, 0.5) is 13.2 Å². The van der Waals surface area contributed by atoms with Crippen LogP contribution in [-0.2, 0) is 19.6 Å². The number of nitrogens with zero attached hydrogens (tertiary/aromatic N) is 6. The van der Waals surface area contributed by atoms with Gasteiger partial charge in [-0.3, -0.25) is 0 Å². The van der Waals surface area contributed by atoms with E-state index in [1.54, 1.807) is 30.3 Å². The lowest BCUT2D eigenvalue weighted by atomic mass is 10.0. The first-order chi connectivity index (χ1) is 20.4. The van der Waals surface area contributed by atoms with E-state index in [2.05, 4.69) is 21.0 Å². The van der Waals surface area contributed by atoms with E-state index in [1.165, 1.54) is 30.5 Å². The molecule has 0 N–H and O–H groups in total. The van der Waals surface area contributed by atoms with Crippen molar-refractivity contribution in [1.82, 2.24) is 19.5 Å². The molecule has 1 aliphatic rings. The molecule has 10 heteroatoms. The Labute approximate surface area is 239 Å². The minimum Gasteiger partial charge on any atom is -0.458 e. The summed E-state index contributed by atoms with van der Waals surface area (Å²) in [5.41, 5.74) is 2.41. The lowest BCUT2D eigenvalue weighted by Gasteiger charge is -2.16. The summed E-state index contributed by atoms with van der Waals surface area (Å²) in [6.45, 7) is 0.372. The molecule has 0 saturated heterocycles. The van der Waals surface area contributed by atoms with Gasteiger partial charge in [0.25, 0.3) is 0 Å². The first kappa shape index (κ1) is 27.0. The summed E-state index contributed by atoms with van der Waals surface area (Å²) in [4.78, 5) is 12.9. The molecule has 1 fully saturated rings. The van der Waals surface area contributed by atoms with Gasteiger partial charge in [0.2, 0.25) is 0 Å². The largest absolute Gasteiger partial charge is 0.458 e. The molecule has 0 aliphatic heterocycles. The SMILES string of the molecule is N#CCC1(Cn2c(Cc3ccc(-c4ccnc(OCc5ccc(C#N)cc5F)n4)cc3F)nc3c(F)cccc32)CC1. The number of fused-ring (bicyclic) bond motifs is 1. The molecule has 1 aliphatic carbocycles. The highest BCUT2D eigenvalue weighted by Gasteiger charge is 2.43. The van der Waals surface area contributed by atoms with Gasteiger partial charge < -0.3 is 9.30 Å². The zero-order valence-electron chi connectivity index (χ0n) is 22.3. The first-order valence-electron chi connectivity index (χ1n) is 13.3. The summed E-state index contributed by atoms with van der Waals surface area (Å²) in [6.07, 6.45) is 3.81. The predicted octanol–water partition coefficient (Wildman–Crippen LogP) is 6.65. The maximum absolute atomic E-state index is 15.4. The number of hydrogen-bond donors (Lipinski definition) is 0. The van der Waals surface area contributed by atoms with Crippen LogP contribution in [0.15, 0.2) is 66.9 Å². The molecule has 2 heterocycles. The van der Waals surface area contributed by atoms with E-state index in [4.69, 9.17) is 10.00 Å².